The van der Waals surface area contributed by atoms with Gasteiger partial charge in [0.05, 0.1) is 4.92 Å². The molecule has 0 aliphatic carbocycles. The number of nitrogens with two attached hydrogens (primary N) is 1. The van der Waals surface area contributed by atoms with Crippen molar-refractivity contribution in [2.75, 3.05) is 5.73 Å². The Morgan fingerprint density at radius 3 is 2.59 bits per heavy atom. The molecular formula is C10H11N5O2. The molecule has 0 amide bonds. The predicted octanol–water partition coefficient (Wildman–Crippen LogP) is 1.58. The van der Waals surface area contributed by atoms with Gasteiger partial charge in [-0.05, 0) is 25.5 Å². The van der Waals surface area contributed by atoms with E-state index in [0.29, 0.717) is 17.0 Å². The quantitative estimate of drug-likeness (QED) is 0.604. The molecule has 0 radical (unpaired) electrons. The van der Waals surface area contributed by atoms with Gasteiger partial charge in [0, 0.05) is 17.2 Å². The summed E-state index contributed by atoms with van der Waals surface area (Å²) < 4.78 is 0. The summed E-state index contributed by atoms with van der Waals surface area (Å²) in [4.78, 5) is 14.4. The molecule has 1 aromatic carbocycles. The molecule has 2 rings (SSSR count). The van der Waals surface area contributed by atoms with Gasteiger partial charge in [-0.3, -0.25) is 15.2 Å². The lowest BCUT2D eigenvalue weighted by Crippen LogP contribution is -1.95. The Hall–Kier alpha value is -2.44. The molecule has 0 aliphatic heterocycles. The second-order valence-corrected chi connectivity index (χ2v) is 3.75. The number of aromatic nitrogens is 3. The van der Waals surface area contributed by atoms with Crippen molar-refractivity contribution in [3.05, 3.63) is 33.4 Å². The fraction of sp³-hybridized carbons (Fsp3) is 0.200. The third-order valence-corrected chi connectivity index (χ3v) is 2.50. The molecule has 17 heavy (non-hydrogen) atoms. The highest BCUT2D eigenvalue weighted by molar-refractivity contribution is 5.66. The number of aromatic amines is 1. The van der Waals surface area contributed by atoms with Gasteiger partial charge in [0.1, 0.15) is 0 Å². The highest BCUT2D eigenvalue weighted by Crippen LogP contribution is 2.28. The first-order valence-corrected chi connectivity index (χ1v) is 4.93. The van der Waals surface area contributed by atoms with Gasteiger partial charge < -0.3 is 5.73 Å². The van der Waals surface area contributed by atoms with Crippen LogP contribution in [0.4, 0.5) is 11.6 Å². The first-order chi connectivity index (χ1) is 7.99. The van der Waals surface area contributed by atoms with Crippen molar-refractivity contribution in [1.29, 1.82) is 0 Å². The van der Waals surface area contributed by atoms with E-state index in [1.165, 1.54) is 6.07 Å². The normalized spacial score (nSPS) is 10.5. The molecule has 7 nitrogen and oxygen atoms in total. The molecule has 0 spiro atoms. The van der Waals surface area contributed by atoms with Crippen LogP contribution in [0, 0.1) is 24.0 Å². The van der Waals surface area contributed by atoms with Crippen molar-refractivity contribution in [1.82, 2.24) is 15.2 Å². The number of aryl methyl sites for hydroxylation is 2. The zero-order chi connectivity index (χ0) is 12.6. The number of nitrogens with zero attached hydrogens (tertiary/aromatic N) is 3. The molecule has 0 saturated heterocycles. The maximum absolute atomic E-state index is 10.9. The summed E-state index contributed by atoms with van der Waals surface area (Å²) in [5.74, 6) is 0.547. The van der Waals surface area contributed by atoms with Crippen LogP contribution in [0.2, 0.25) is 0 Å². The lowest BCUT2D eigenvalue weighted by molar-refractivity contribution is -0.385. The van der Waals surface area contributed by atoms with Crippen LogP contribution in [0.3, 0.4) is 0 Å². The fourth-order valence-corrected chi connectivity index (χ4v) is 1.69. The lowest BCUT2D eigenvalue weighted by atomic mass is 10.0. The average molecular weight is 233 g/mol. The number of nitrogens with one attached hydrogen (secondary N) is 1. The van der Waals surface area contributed by atoms with Crippen LogP contribution in [-0.4, -0.2) is 20.1 Å². The molecule has 1 aromatic heterocycles. The van der Waals surface area contributed by atoms with E-state index < -0.39 is 4.92 Å². The molecule has 0 saturated carbocycles. The van der Waals surface area contributed by atoms with Crippen molar-refractivity contribution < 1.29 is 4.92 Å². The molecule has 2 aromatic rings. The number of nitrogen functional groups attached to an aromatic ring is 1. The molecule has 7 heteroatoms. The Morgan fingerprint density at radius 2 is 2.06 bits per heavy atom. The molecule has 3 N–H and O–H groups in total. The summed E-state index contributed by atoms with van der Waals surface area (Å²) in [6, 6.07) is 3.22. The second-order valence-electron chi connectivity index (χ2n) is 3.75. The van der Waals surface area contributed by atoms with Gasteiger partial charge >= 0.3 is 0 Å². The lowest BCUT2D eigenvalue weighted by Gasteiger charge is -2.04. The van der Waals surface area contributed by atoms with Crippen molar-refractivity contribution in [2.24, 2.45) is 0 Å². The summed E-state index contributed by atoms with van der Waals surface area (Å²) in [6.07, 6.45) is 0. The number of H-pyrrole nitrogens is 1. The fourth-order valence-electron chi connectivity index (χ4n) is 1.69. The summed E-state index contributed by atoms with van der Waals surface area (Å²) in [5, 5.41) is 17.2. The van der Waals surface area contributed by atoms with Crippen LogP contribution in [0.15, 0.2) is 12.1 Å². The maximum Gasteiger partial charge on any atom is 0.273 e. The summed E-state index contributed by atoms with van der Waals surface area (Å²) in [6.45, 7) is 3.55. The number of nitro groups is 1. The van der Waals surface area contributed by atoms with Crippen LogP contribution in [0.25, 0.3) is 11.4 Å². The zero-order valence-electron chi connectivity index (χ0n) is 9.39. The van der Waals surface area contributed by atoms with Crippen LogP contribution in [0.1, 0.15) is 11.1 Å². The Labute approximate surface area is 96.8 Å². The van der Waals surface area contributed by atoms with Gasteiger partial charge in [-0.1, -0.05) is 0 Å². The van der Waals surface area contributed by atoms with E-state index in [9.17, 15) is 10.1 Å². The van der Waals surface area contributed by atoms with E-state index in [4.69, 9.17) is 5.73 Å². The standard InChI is InChI=1S/C10H11N5O2/c1-5-3-6(2)8(15(16)17)4-7(5)9-12-10(11)14-13-9/h3-4H,1-2H3,(H3,11,12,13,14). The molecular weight excluding hydrogens is 222 g/mol. The SMILES string of the molecule is Cc1cc(C)c([N+](=O)[O-])cc1-c1nc(N)n[nH]1. The number of anilines is 1. The van der Waals surface area contributed by atoms with Gasteiger partial charge in [-0.15, -0.1) is 5.10 Å². The largest absolute Gasteiger partial charge is 0.366 e. The van der Waals surface area contributed by atoms with Crippen LogP contribution in [-0.2, 0) is 0 Å². The number of hydrogen-bond donors (Lipinski definition) is 2. The monoisotopic (exact) mass is 233 g/mol. The molecule has 0 fully saturated rings. The minimum Gasteiger partial charge on any atom is -0.366 e. The van der Waals surface area contributed by atoms with Crippen molar-refractivity contribution >= 4 is 11.6 Å². The average Bonchev–Trinajstić information content (AvgIpc) is 2.64. The molecule has 0 aliphatic rings. The molecule has 0 unspecified atom stereocenters. The number of benzene rings is 1. The summed E-state index contributed by atoms with van der Waals surface area (Å²) >= 11 is 0. The van der Waals surface area contributed by atoms with Crippen LogP contribution < -0.4 is 5.73 Å². The minimum atomic E-state index is -0.419. The predicted molar refractivity (Wildman–Crippen MR) is 62.4 cm³/mol. The molecule has 0 bridgehead atoms. The number of hydrogen-bond acceptors (Lipinski definition) is 5. The van der Waals surface area contributed by atoms with Gasteiger partial charge in [0.15, 0.2) is 5.82 Å². The third-order valence-electron chi connectivity index (χ3n) is 2.50. The van der Waals surface area contributed by atoms with Gasteiger partial charge in [-0.2, -0.15) is 4.98 Å². The summed E-state index contributed by atoms with van der Waals surface area (Å²) in [5.41, 5.74) is 7.59. The Morgan fingerprint density at radius 1 is 1.35 bits per heavy atom. The van der Waals surface area contributed by atoms with E-state index in [0.717, 1.165) is 5.56 Å². The minimum absolute atomic E-state index is 0.0561. The number of rotatable bonds is 2. The van der Waals surface area contributed by atoms with Gasteiger partial charge in [-0.25, -0.2) is 0 Å². The highest BCUT2D eigenvalue weighted by Gasteiger charge is 2.16. The van der Waals surface area contributed by atoms with Gasteiger partial charge in [0.25, 0.3) is 5.69 Å². The Balaban J connectivity index is 2.62. The molecule has 1 heterocycles. The Bertz CT molecular complexity index is 590. The smallest absolute Gasteiger partial charge is 0.273 e. The van der Waals surface area contributed by atoms with E-state index in [1.54, 1.807) is 13.0 Å². The van der Waals surface area contributed by atoms with Crippen molar-refractivity contribution in [3.8, 4) is 11.4 Å². The van der Waals surface area contributed by atoms with E-state index >= 15 is 0 Å². The van der Waals surface area contributed by atoms with Gasteiger partial charge in [0.2, 0.25) is 5.95 Å². The van der Waals surface area contributed by atoms with E-state index in [1.807, 2.05) is 6.92 Å². The second kappa shape index (κ2) is 3.85. The first-order valence-electron chi connectivity index (χ1n) is 4.93. The van der Waals surface area contributed by atoms with Crippen LogP contribution >= 0.6 is 0 Å². The topological polar surface area (TPSA) is 111 Å². The molecule has 0 atom stereocenters. The molecule has 88 valence electrons. The van der Waals surface area contributed by atoms with Crippen molar-refractivity contribution in [3.63, 3.8) is 0 Å². The van der Waals surface area contributed by atoms with Crippen LogP contribution in [0.5, 0.6) is 0 Å². The van der Waals surface area contributed by atoms with Crippen molar-refractivity contribution in [2.45, 2.75) is 13.8 Å². The van der Waals surface area contributed by atoms with E-state index in [-0.39, 0.29) is 11.6 Å². The first kappa shape index (κ1) is 11.1. The maximum atomic E-state index is 10.9. The Kier molecular flexibility index (Phi) is 2.51. The third kappa shape index (κ3) is 1.94. The summed E-state index contributed by atoms with van der Waals surface area (Å²) in [7, 11) is 0. The number of nitro benzene ring substituents is 1. The zero-order valence-corrected chi connectivity index (χ0v) is 9.39. The highest BCUT2D eigenvalue weighted by atomic mass is 16.6. The van der Waals surface area contributed by atoms with E-state index in [2.05, 4.69) is 15.2 Å².